The van der Waals surface area contributed by atoms with Gasteiger partial charge in [0.15, 0.2) is 0 Å². The molecule has 4 nitrogen and oxygen atoms in total. The second-order valence-corrected chi connectivity index (χ2v) is 6.63. The first kappa shape index (κ1) is 21.7. The van der Waals surface area contributed by atoms with Crippen molar-refractivity contribution in [3.8, 4) is 5.75 Å². The summed E-state index contributed by atoms with van der Waals surface area (Å²) in [5.41, 5.74) is 0. The molecule has 1 unspecified atom stereocenters. The molecule has 25 heavy (non-hydrogen) atoms. The van der Waals surface area contributed by atoms with E-state index in [1.165, 1.54) is 25.0 Å². The Morgan fingerprint density at radius 3 is 2.64 bits per heavy atom. The van der Waals surface area contributed by atoms with Gasteiger partial charge in [-0.15, -0.1) is 12.4 Å². The van der Waals surface area contributed by atoms with Crippen molar-refractivity contribution in [2.24, 2.45) is 11.8 Å². The monoisotopic (exact) mass is 372 g/mol. The summed E-state index contributed by atoms with van der Waals surface area (Å²) < 4.78 is 18.3. The molecule has 2 rings (SSSR count). The van der Waals surface area contributed by atoms with Gasteiger partial charge in [0.05, 0.1) is 6.61 Å². The number of nitrogens with one attached hydrogen (secondary N) is 2. The molecule has 1 atom stereocenters. The number of hydrogen-bond donors (Lipinski definition) is 2. The summed E-state index contributed by atoms with van der Waals surface area (Å²) in [6.45, 7) is 5.60. The highest BCUT2D eigenvalue weighted by molar-refractivity contribution is 5.85. The van der Waals surface area contributed by atoms with Gasteiger partial charge in [0.25, 0.3) is 0 Å². The first-order valence-corrected chi connectivity index (χ1v) is 9.01. The average molecular weight is 373 g/mol. The molecule has 142 valence electrons. The van der Waals surface area contributed by atoms with Crippen molar-refractivity contribution in [2.45, 2.75) is 39.0 Å². The van der Waals surface area contributed by atoms with Crippen LogP contribution in [0.4, 0.5) is 4.39 Å². The number of carbonyl (C=O) groups is 1. The number of amides is 1. The maximum atomic E-state index is 12.8. The van der Waals surface area contributed by atoms with E-state index < -0.39 is 0 Å². The second kappa shape index (κ2) is 12.1. The Balaban J connectivity index is 0.00000312. The zero-order chi connectivity index (χ0) is 17.2. The number of halogens is 2. The fourth-order valence-corrected chi connectivity index (χ4v) is 3.12. The van der Waals surface area contributed by atoms with Crippen molar-refractivity contribution < 1.29 is 13.9 Å². The first-order chi connectivity index (χ1) is 11.6. The molecule has 1 fully saturated rings. The van der Waals surface area contributed by atoms with Crippen LogP contribution in [0.3, 0.4) is 0 Å². The highest BCUT2D eigenvalue weighted by Crippen LogP contribution is 2.24. The Kier molecular flexibility index (Phi) is 10.5. The lowest BCUT2D eigenvalue weighted by Crippen LogP contribution is -2.33. The zero-order valence-electron chi connectivity index (χ0n) is 14.9. The molecular weight excluding hydrogens is 343 g/mol. The predicted molar refractivity (Wildman–Crippen MR) is 101 cm³/mol. The number of benzene rings is 1. The van der Waals surface area contributed by atoms with Gasteiger partial charge >= 0.3 is 0 Å². The molecule has 0 spiro atoms. The summed E-state index contributed by atoms with van der Waals surface area (Å²) in [5, 5.41) is 6.36. The average Bonchev–Trinajstić information content (AvgIpc) is 2.60. The fraction of sp³-hybridized carbons (Fsp3) is 0.632. The van der Waals surface area contributed by atoms with Gasteiger partial charge in [0.2, 0.25) is 5.91 Å². The number of hydrogen-bond acceptors (Lipinski definition) is 3. The lowest BCUT2D eigenvalue weighted by molar-refractivity contribution is -0.122. The van der Waals surface area contributed by atoms with Crippen molar-refractivity contribution in [1.82, 2.24) is 10.6 Å². The Morgan fingerprint density at radius 1 is 1.28 bits per heavy atom. The third-order valence-corrected chi connectivity index (χ3v) is 4.67. The minimum atomic E-state index is -0.260. The largest absolute Gasteiger partial charge is 0.494 e. The molecule has 1 amide bonds. The van der Waals surface area contributed by atoms with Crippen LogP contribution < -0.4 is 15.4 Å². The van der Waals surface area contributed by atoms with E-state index in [2.05, 4.69) is 17.6 Å². The molecule has 0 bridgehead atoms. The molecule has 0 aromatic heterocycles. The quantitative estimate of drug-likeness (QED) is 0.652. The molecule has 1 aliphatic rings. The van der Waals surface area contributed by atoms with Crippen molar-refractivity contribution in [1.29, 1.82) is 0 Å². The fourth-order valence-electron chi connectivity index (χ4n) is 3.12. The minimum Gasteiger partial charge on any atom is -0.494 e. The highest BCUT2D eigenvalue weighted by Gasteiger charge is 2.21. The van der Waals surface area contributed by atoms with Gasteiger partial charge in [-0.3, -0.25) is 4.79 Å². The Morgan fingerprint density at radius 2 is 1.96 bits per heavy atom. The Bertz CT molecular complexity index is 493. The smallest absolute Gasteiger partial charge is 0.220 e. The zero-order valence-corrected chi connectivity index (χ0v) is 15.7. The second-order valence-electron chi connectivity index (χ2n) is 6.63. The Labute approximate surface area is 156 Å². The van der Waals surface area contributed by atoms with Gasteiger partial charge in [-0.2, -0.15) is 0 Å². The third-order valence-electron chi connectivity index (χ3n) is 4.67. The van der Waals surface area contributed by atoms with Crippen LogP contribution in [0.15, 0.2) is 24.3 Å². The molecule has 1 aromatic rings. The van der Waals surface area contributed by atoms with E-state index in [4.69, 9.17) is 4.74 Å². The lowest BCUT2D eigenvalue weighted by atomic mass is 9.84. The summed E-state index contributed by atoms with van der Waals surface area (Å²) in [4.78, 5) is 12.0. The molecule has 1 aromatic carbocycles. The summed E-state index contributed by atoms with van der Waals surface area (Å²) >= 11 is 0. The molecule has 0 radical (unpaired) electrons. The van der Waals surface area contributed by atoms with E-state index in [1.807, 2.05) is 0 Å². The maximum absolute atomic E-state index is 12.8. The van der Waals surface area contributed by atoms with Crippen LogP contribution in [-0.2, 0) is 4.79 Å². The van der Waals surface area contributed by atoms with Crippen LogP contribution in [0.2, 0.25) is 0 Å². The standard InChI is InChI=1S/C19H29FN2O2.ClH/c1-15(16-8-11-21-12-9-16)14-19(23)22-10-2-3-13-24-18-6-4-17(20)5-7-18;/h4-7,15-16,21H,2-3,8-14H2,1H3,(H,22,23);1H. The van der Waals surface area contributed by atoms with Crippen molar-refractivity contribution in [2.75, 3.05) is 26.2 Å². The molecule has 1 aliphatic heterocycles. The highest BCUT2D eigenvalue weighted by atomic mass is 35.5. The maximum Gasteiger partial charge on any atom is 0.220 e. The van der Waals surface area contributed by atoms with E-state index >= 15 is 0 Å². The lowest BCUT2D eigenvalue weighted by Gasteiger charge is -2.27. The predicted octanol–water partition coefficient (Wildman–Crippen LogP) is 3.55. The summed E-state index contributed by atoms with van der Waals surface area (Å²) in [6.07, 6.45) is 4.72. The summed E-state index contributed by atoms with van der Waals surface area (Å²) in [6, 6.07) is 6.02. The van der Waals surface area contributed by atoms with Gasteiger partial charge in [-0.25, -0.2) is 4.39 Å². The normalized spacial score (nSPS) is 15.9. The topological polar surface area (TPSA) is 50.4 Å². The van der Waals surface area contributed by atoms with Gasteiger partial charge in [0.1, 0.15) is 11.6 Å². The number of unbranched alkanes of at least 4 members (excludes halogenated alkanes) is 1. The van der Waals surface area contributed by atoms with Gasteiger partial charge < -0.3 is 15.4 Å². The van der Waals surface area contributed by atoms with E-state index in [1.54, 1.807) is 12.1 Å². The number of piperidine rings is 1. The van der Waals surface area contributed by atoms with E-state index in [0.717, 1.165) is 25.9 Å². The minimum absolute atomic E-state index is 0. The molecule has 2 N–H and O–H groups in total. The van der Waals surface area contributed by atoms with E-state index in [9.17, 15) is 9.18 Å². The molecule has 1 heterocycles. The number of ether oxygens (including phenoxy) is 1. The Hall–Kier alpha value is -1.33. The first-order valence-electron chi connectivity index (χ1n) is 9.01. The number of carbonyl (C=O) groups excluding carboxylic acids is 1. The van der Waals surface area contributed by atoms with Crippen LogP contribution in [0.1, 0.15) is 39.0 Å². The van der Waals surface area contributed by atoms with E-state index in [-0.39, 0.29) is 24.1 Å². The molecular formula is C19H30ClFN2O2. The summed E-state index contributed by atoms with van der Waals surface area (Å²) in [5.74, 6) is 1.69. The van der Waals surface area contributed by atoms with Crippen molar-refractivity contribution >= 4 is 18.3 Å². The molecule has 6 heteroatoms. The van der Waals surface area contributed by atoms with E-state index in [0.29, 0.717) is 37.2 Å². The van der Waals surface area contributed by atoms with Gasteiger partial charge in [-0.1, -0.05) is 6.92 Å². The van der Waals surface area contributed by atoms with Gasteiger partial charge in [-0.05, 0) is 74.9 Å². The van der Waals surface area contributed by atoms with Crippen LogP contribution in [-0.4, -0.2) is 32.1 Å². The molecule has 1 saturated heterocycles. The van der Waals surface area contributed by atoms with Crippen LogP contribution in [0, 0.1) is 17.7 Å². The molecule has 0 saturated carbocycles. The van der Waals surface area contributed by atoms with Crippen molar-refractivity contribution in [3.63, 3.8) is 0 Å². The summed E-state index contributed by atoms with van der Waals surface area (Å²) in [7, 11) is 0. The SMILES string of the molecule is CC(CC(=O)NCCCCOc1ccc(F)cc1)C1CCNCC1.Cl. The number of rotatable bonds is 9. The van der Waals surface area contributed by atoms with Crippen LogP contribution in [0.25, 0.3) is 0 Å². The van der Waals surface area contributed by atoms with Crippen LogP contribution in [0.5, 0.6) is 5.75 Å². The van der Waals surface area contributed by atoms with Crippen LogP contribution >= 0.6 is 12.4 Å². The molecule has 0 aliphatic carbocycles. The van der Waals surface area contributed by atoms with Crippen molar-refractivity contribution in [3.05, 3.63) is 30.1 Å². The van der Waals surface area contributed by atoms with Gasteiger partial charge in [0, 0.05) is 13.0 Å². The third kappa shape index (κ3) is 8.54.